The van der Waals surface area contributed by atoms with Crippen LogP contribution in [0.25, 0.3) is 11.5 Å². The average Bonchev–Trinajstić information content (AvgIpc) is 2.90. The van der Waals surface area contributed by atoms with Gasteiger partial charge in [0.2, 0.25) is 0 Å². The Balaban J connectivity index is 1.88. The van der Waals surface area contributed by atoms with Crippen LogP contribution in [0.2, 0.25) is 0 Å². The predicted molar refractivity (Wildman–Crippen MR) is 85.8 cm³/mol. The van der Waals surface area contributed by atoms with Gasteiger partial charge in [0.05, 0.1) is 5.56 Å². The number of hydrogen-bond acceptors (Lipinski definition) is 4. The zero-order valence-corrected chi connectivity index (χ0v) is 13.1. The standard InChI is InChI=1S/C16H14BrN3O/c1-10-3-2-4-11(7-10)8-15-19-16(21-20-15)13-9-12(18)5-6-14(13)17/h2-7,9H,8,18H2,1H3. The number of nitrogens with zero attached hydrogens (tertiary/aromatic N) is 2. The fraction of sp³-hybridized carbons (Fsp3) is 0.125. The molecule has 2 N–H and O–H groups in total. The van der Waals surface area contributed by atoms with E-state index in [1.54, 1.807) is 0 Å². The second-order valence-corrected chi connectivity index (χ2v) is 5.78. The molecular weight excluding hydrogens is 330 g/mol. The Labute approximate surface area is 131 Å². The molecule has 0 spiro atoms. The van der Waals surface area contributed by atoms with Gasteiger partial charge in [0.15, 0.2) is 5.82 Å². The van der Waals surface area contributed by atoms with Crippen molar-refractivity contribution in [3.05, 3.63) is 63.9 Å². The van der Waals surface area contributed by atoms with Crippen LogP contribution in [0.3, 0.4) is 0 Å². The zero-order valence-electron chi connectivity index (χ0n) is 11.5. The number of hydrogen-bond donors (Lipinski definition) is 1. The normalized spacial score (nSPS) is 10.8. The van der Waals surface area contributed by atoms with Gasteiger partial charge < -0.3 is 10.3 Å². The summed E-state index contributed by atoms with van der Waals surface area (Å²) in [5, 5.41) is 4.04. The molecule has 0 fully saturated rings. The Morgan fingerprint density at radius 1 is 1.19 bits per heavy atom. The summed E-state index contributed by atoms with van der Waals surface area (Å²) in [7, 11) is 0. The van der Waals surface area contributed by atoms with Gasteiger partial charge in [-0.15, -0.1) is 0 Å². The van der Waals surface area contributed by atoms with Crippen LogP contribution in [-0.4, -0.2) is 10.1 Å². The van der Waals surface area contributed by atoms with Crippen molar-refractivity contribution in [1.82, 2.24) is 10.1 Å². The van der Waals surface area contributed by atoms with Gasteiger partial charge in [0.25, 0.3) is 5.89 Å². The van der Waals surface area contributed by atoms with Crippen LogP contribution in [0.1, 0.15) is 17.0 Å². The molecule has 0 saturated heterocycles. The molecule has 1 heterocycles. The topological polar surface area (TPSA) is 64.9 Å². The fourth-order valence-electron chi connectivity index (χ4n) is 2.15. The summed E-state index contributed by atoms with van der Waals surface area (Å²) in [6.45, 7) is 2.06. The second kappa shape index (κ2) is 5.69. The van der Waals surface area contributed by atoms with Crippen molar-refractivity contribution in [2.24, 2.45) is 0 Å². The van der Waals surface area contributed by atoms with Crippen LogP contribution in [0, 0.1) is 6.92 Å². The minimum Gasteiger partial charge on any atom is -0.399 e. The third-order valence-corrected chi connectivity index (χ3v) is 3.83. The van der Waals surface area contributed by atoms with E-state index in [1.807, 2.05) is 24.3 Å². The largest absolute Gasteiger partial charge is 0.399 e. The summed E-state index contributed by atoms with van der Waals surface area (Å²) in [5.41, 5.74) is 9.64. The summed E-state index contributed by atoms with van der Waals surface area (Å²) >= 11 is 3.47. The molecule has 4 nitrogen and oxygen atoms in total. The van der Waals surface area contributed by atoms with Crippen molar-refractivity contribution in [2.75, 3.05) is 5.73 Å². The Morgan fingerprint density at radius 2 is 2.05 bits per heavy atom. The van der Waals surface area contributed by atoms with E-state index in [1.165, 1.54) is 5.56 Å². The molecule has 3 rings (SSSR count). The summed E-state index contributed by atoms with van der Waals surface area (Å²) < 4.78 is 6.22. The van der Waals surface area contributed by atoms with Crippen molar-refractivity contribution in [1.29, 1.82) is 0 Å². The molecule has 0 aliphatic carbocycles. The van der Waals surface area contributed by atoms with Crippen molar-refractivity contribution < 1.29 is 4.52 Å². The van der Waals surface area contributed by atoms with Crippen molar-refractivity contribution in [2.45, 2.75) is 13.3 Å². The zero-order chi connectivity index (χ0) is 14.8. The third-order valence-electron chi connectivity index (χ3n) is 3.13. The van der Waals surface area contributed by atoms with Gasteiger partial charge in [-0.25, -0.2) is 0 Å². The van der Waals surface area contributed by atoms with Gasteiger partial charge in [-0.05, 0) is 46.6 Å². The first-order valence-electron chi connectivity index (χ1n) is 6.55. The van der Waals surface area contributed by atoms with E-state index >= 15 is 0 Å². The lowest BCUT2D eigenvalue weighted by Crippen LogP contribution is -1.91. The highest BCUT2D eigenvalue weighted by Crippen LogP contribution is 2.29. The third kappa shape index (κ3) is 3.13. The number of nitrogens with two attached hydrogens (primary N) is 1. The molecule has 1 aromatic heterocycles. The van der Waals surface area contributed by atoms with Gasteiger partial charge in [-0.1, -0.05) is 35.0 Å². The van der Waals surface area contributed by atoms with Crippen LogP contribution < -0.4 is 5.73 Å². The van der Waals surface area contributed by atoms with Crippen LogP contribution >= 0.6 is 15.9 Å². The molecule has 0 aliphatic heterocycles. The number of anilines is 1. The Morgan fingerprint density at radius 3 is 2.86 bits per heavy atom. The molecule has 21 heavy (non-hydrogen) atoms. The fourth-order valence-corrected chi connectivity index (χ4v) is 2.56. The molecule has 0 unspecified atom stereocenters. The number of aromatic nitrogens is 2. The van der Waals surface area contributed by atoms with Gasteiger partial charge in [0.1, 0.15) is 0 Å². The maximum Gasteiger partial charge on any atom is 0.259 e. The first-order chi connectivity index (χ1) is 10.1. The second-order valence-electron chi connectivity index (χ2n) is 4.92. The first kappa shape index (κ1) is 13.8. The number of benzene rings is 2. The average molecular weight is 344 g/mol. The number of rotatable bonds is 3. The van der Waals surface area contributed by atoms with Crippen molar-refractivity contribution in [3.8, 4) is 11.5 Å². The quantitative estimate of drug-likeness (QED) is 0.730. The Bertz CT molecular complexity index is 783. The highest BCUT2D eigenvalue weighted by molar-refractivity contribution is 9.10. The van der Waals surface area contributed by atoms with E-state index in [0.717, 1.165) is 15.6 Å². The minimum absolute atomic E-state index is 0.469. The summed E-state index contributed by atoms with van der Waals surface area (Å²) in [5.74, 6) is 1.13. The van der Waals surface area contributed by atoms with Gasteiger partial charge in [-0.3, -0.25) is 0 Å². The molecule has 0 saturated carbocycles. The monoisotopic (exact) mass is 343 g/mol. The SMILES string of the molecule is Cc1cccc(Cc2noc(-c3cc(N)ccc3Br)n2)c1. The molecule has 3 aromatic rings. The van der Waals surface area contributed by atoms with E-state index in [9.17, 15) is 0 Å². The van der Waals surface area contributed by atoms with E-state index < -0.39 is 0 Å². The molecule has 2 aromatic carbocycles. The minimum atomic E-state index is 0.469. The number of halogens is 1. The molecule has 0 radical (unpaired) electrons. The van der Waals surface area contributed by atoms with Crippen LogP contribution in [0.5, 0.6) is 0 Å². The predicted octanol–water partition coefficient (Wildman–Crippen LogP) is 3.98. The van der Waals surface area contributed by atoms with Gasteiger partial charge in [-0.2, -0.15) is 4.98 Å². The van der Waals surface area contributed by atoms with Gasteiger partial charge in [0, 0.05) is 16.6 Å². The summed E-state index contributed by atoms with van der Waals surface area (Å²) in [6, 6.07) is 13.8. The molecular formula is C16H14BrN3O. The molecule has 0 aliphatic rings. The lowest BCUT2D eigenvalue weighted by atomic mass is 10.1. The Hall–Kier alpha value is -2.14. The highest BCUT2D eigenvalue weighted by atomic mass is 79.9. The molecule has 106 valence electrons. The highest BCUT2D eigenvalue weighted by Gasteiger charge is 2.12. The smallest absolute Gasteiger partial charge is 0.259 e. The molecule has 0 atom stereocenters. The first-order valence-corrected chi connectivity index (χ1v) is 7.34. The molecule has 0 amide bonds. The van der Waals surface area contributed by atoms with Crippen LogP contribution in [0.15, 0.2) is 51.5 Å². The van der Waals surface area contributed by atoms with E-state index in [-0.39, 0.29) is 0 Å². The van der Waals surface area contributed by atoms with Crippen molar-refractivity contribution in [3.63, 3.8) is 0 Å². The number of aryl methyl sites for hydroxylation is 1. The molecule has 5 heteroatoms. The van der Waals surface area contributed by atoms with E-state index in [2.05, 4.69) is 51.2 Å². The lowest BCUT2D eigenvalue weighted by molar-refractivity contribution is 0.423. The Kier molecular flexibility index (Phi) is 3.75. The maximum atomic E-state index is 5.80. The van der Waals surface area contributed by atoms with Gasteiger partial charge >= 0.3 is 0 Å². The van der Waals surface area contributed by atoms with Crippen molar-refractivity contribution >= 4 is 21.6 Å². The number of nitrogen functional groups attached to an aromatic ring is 1. The maximum absolute atomic E-state index is 5.80. The van der Waals surface area contributed by atoms with Crippen LogP contribution in [-0.2, 0) is 6.42 Å². The van der Waals surface area contributed by atoms with E-state index in [0.29, 0.717) is 23.8 Å². The summed E-state index contributed by atoms with van der Waals surface area (Å²) in [4.78, 5) is 4.44. The van der Waals surface area contributed by atoms with E-state index in [4.69, 9.17) is 10.3 Å². The molecule has 0 bridgehead atoms. The lowest BCUT2D eigenvalue weighted by Gasteiger charge is -2.00. The van der Waals surface area contributed by atoms with Crippen LogP contribution in [0.4, 0.5) is 5.69 Å². The summed E-state index contributed by atoms with van der Waals surface area (Å²) in [6.07, 6.45) is 0.644.